The Bertz CT molecular complexity index is 501. The van der Waals surface area contributed by atoms with Crippen molar-refractivity contribution < 1.29 is 53.8 Å². The first-order valence-electron chi connectivity index (χ1n) is 6.16. The van der Waals surface area contributed by atoms with Crippen molar-refractivity contribution >= 4 is 24.2 Å². The predicted octanol–water partition coefficient (Wildman–Crippen LogP) is -2.68. The number of aldehydes is 1. The van der Waals surface area contributed by atoms with Crippen molar-refractivity contribution in [2.45, 2.75) is 51.2 Å². The van der Waals surface area contributed by atoms with Crippen LogP contribution in [-0.2, 0) is 33.4 Å². The highest BCUT2D eigenvalue weighted by atomic mass is 16.8. The van der Waals surface area contributed by atoms with Gasteiger partial charge in [0.05, 0.1) is 0 Å². The number of rotatable bonds is 7. The third-order valence-electron chi connectivity index (χ3n) is 2.59. The third kappa shape index (κ3) is 4.01. The largest absolute Gasteiger partial charge is 0.423 e. The van der Waals surface area contributed by atoms with Crippen molar-refractivity contribution in [3.8, 4) is 0 Å². The molecule has 11 heteroatoms. The van der Waals surface area contributed by atoms with Crippen molar-refractivity contribution in [3.63, 3.8) is 0 Å². The van der Waals surface area contributed by atoms with Crippen molar-refractivity contribution in [2.24, 2.45) is 0 Å². The van der Waals surface area contributed by atoms with Gasteiger partial charge < -0.3 is 34.6 Å². The van der Waals surface area contributed by atoms with E-state index in [1.807, 2.05) is 0 Å². The van der Waals surface area contributed by atoms with Crippen LogP contribution in [0.25, 0.3) is 0 Å². The van der Waals surface area contributed by atoms with Crippen LogP contribution in [0.4, 0.5) is 0 Å². The van der Waals surface area contributed by atoms with Crippen LogP contribution in [0, 0.1) is 0 Å². The molecule has 4 N–H and O–H groups in total. The molecule has 23 heavy (non-hydrogen) atoms. The fraction of sp³-hybridized carbons (Fsp3) is 0.667. The van der Waals surface area contributed by atoms with E-state index in [-0.39, 0.29) is 0 Å². The number of hydrogen-bond donors (Lipinski definition) is 4. The Kier molecular flexibility index (Phi) is 6.37. The number of hydrogen-bond acceptors (Lipinski definition) is 11. The van der Waals surface area contributed by atoms with Gasteiger partial charge in [-0.15, -0.1) is 0 Å². The summed E-state index contributed by atoms with van der Waals surface area (Å²) in [7, 11) is 0. The lowest BCUT2D eigenvalue weighted by Crippen LogP contribution is -2.75. The molecule has 0 unspecified atom stereocenters. The van der Waals surface area contributed by atoms with E-state index in [0.29, 0.717) is 6.92 Å². The number of carbonyl (C=O) groups excluding carboxylic acids is 4. The minimum Gasteiger partial charge on any atom is -0.423 e. The number of carbonyl (C=O) groups is 4. The highest BCUT2D eigenvalue weighted by Crippen LogP contribution is 2.38. The lowest BCUT2D eigenvalue weighted by molar-refractivity contribution is -0.446. The van der Waals surface area contributed by atoms with Gasteiger partial charge in [0.2, 0.25) is 0 Å². The zero-order chi connectivity index (χ0) is 18.6. The summed E-state index contributed by atoms with van der Waals surface area (Å²) < 4.78 is 12.8. The molecular formula is C12H18O11. The van der Waals surface area contributed by atoms with E-state index in [9.17, 15) is 39.6 Å². The molecule has 0 fully saturated rings. The van der Waals surface area contributed by atoms with Crippen LogP contribution in [0.1, 0.15) is 27.7 Å². The second-order valence-electron chi connectivity index (χ2n) is 4.61. The molecule has 0 spiro atoms. The number of esters is 3. The van der Waals surface area contributed by atoms with Gasteiger partial charge in [-0.05, 0) is 6.92 Å². The molecule has 0 bridgehead atoms. The third-order valence-corrected chi connectivity index (χ3v) is 2.59. The Morgan fingerprint density at radius 1 is 0.913 bits per heavy atom. The zero-order valence-corrected chi connectivity index (χ0v) is 12.8. The summed E-state index contributed by atoms with van der Waals surface area (Å²) in [5.41, 5.74) is 0. The standard InChI is InChI=1S/C12H18O11/c1-6(14)11(19,22-8(3)16)12(20,23-9(4)17)10(18,5-13)21-7(2)15/h5-6,14,18-20H,1-4H3/t6-,10-,11-,12+/m0/s1. The molecule has 4 atom stereocenters. The van der Waals surface area contributed by atoms with Gasteiger partial charge >= 0.3 is 35.3 Å². The Morgan fingerprint density at radius 2 is 1.30 bits per heavy atom. The van der Waals surface area contributed by atoms with E-state index in [4.69, 9.17) is 0 Å². The second kappa shape index (κ2) is 7.00. The van der Waals surface area contributed by atoms with E-state index >= 15 is 0 Å². The second-order valence-corrected chi connectivity index (χ2v) is 4.61. The van der Waals surface area contributed by atoms with E-state index < -0.39 is 47.7 Å². The summed E-state index contributed by atoms with van der Waals surface area (Å²) in [6.45, 7) is 2.93. The van der Waals surface area contributed by atoms with Crippen LogP contribution in [-0.4, -0.2) is 68.1 Å². The summed E-state index contributed by atoms with van der Waals surface area (Å²) in [6.07, 6.45) is -2.80. The molecule has 0 aliphatic heterocycles. The molecule has 0 saturated carbocycles. The van der Waals surface area contributed by atoms with E-state index in [1.54, 1.807) is 0 Å². The molecule has 0 aliphatic carbocycles. The molecule has 0 radical (unpaired) electrons. The molecule has 132 valence electrons. The molecule has 0 aliphatic rings. The maximum Gasteiger partial charge on any atom is 0.354 e. The molecule has 0 heterocycles. The minimum absolute atomic E-state index is 0.589. The topological polar surface area (TPSA) is 177 Å². The van der Waals surface area contributed by atoms with Crippen LogP contribution >= 0.6 is 0 Å². The summed E-state index contributed by atoms with van der Waals surface area (Å²) in [5, 5.41) is 40.3. The lowest BCUT2D eigenvalue weighted by atomic mass is 9.92. The molecule has 0 aromatic heterocycles. The van der Waals surface area contributed by atoms with Crippen molar-refractivity contribution in [1.82, 2.24) is 0 Å². The van der Waals surface area contributed by atoms with Gasteiger partial charge in [-0.1, -0.05) is 0 Å². The van der Waals surface area contributed by atoms with E-state index in [1.165, 1.54) is 0 Å². The van der Waals surface area contributed by atoms with Gasteiger partial charge in [0.1, 0.15) is 6.10 Å². The molecule has 0 rings (SSSR count). The van der Waals surface area contributed by atoms with Gasteiger partial charge in [0, 0.05) is 20.8 Å². The van der Waals surface area contributed by atoms with Crippen LogP contribution < -0.4 is 0 Å². The van der Waals surface area contributed by atoms with Crippen molar-refractivity contribution in [1.29, 1.82) is 0 Å². The first kappa shape index (κ1) is 20.9. The first-order chi connectivity index (χ1) is 10.3. The lowest BCUT2D eigenvalue weighted by Gasteiger charge is -2.46. The van der Waals surface area contributed by atoms with Crippen LogP contribution in [0.5, 0.6) is 0 Å². The Balaban J connectivity index is 6.44. The SMILES string of the molecule is CC(=O)O[C@@](O)([C@@](O)(OC(C)=O)[C@H](C)O)[C@](O)(C=O)OC(C)=O. The summed E-state index contributed by atoms with van der Waals surface area (Å²) in [5.74, 6) is -15.2. The quantitative estimate of drug-likeness (QED) is 0.165. The van der Waals surface area contributed by atoms with Gasteiger partial charge in [0.25, 0.3) is 0 Å². The average molecular weight is 338 g/mol. The Hall–Kier alpha value is -2.08. The zero-order valence-electron chi connectivity index (χ0n) is 12.8. The van der Waals surface area contributed by atoms with Crippen LogP contribution in [0.3, 0.4) is 0 Å². The molecule has 11 nitrogen and oxygen atoms in total. The number of aliphatic hydroxyl groups is 4. The highest BCUT2D eigenvalue weighted by Gasteiger charge is 2.73. The van der Waals surface area contributed by atoms with Gasteiger partial charge in [0.15, 0.2) is 6.29 Å². The molecular weight excluding hydrogens is 320 g/mol. The minimum atomic E-state index is -3.88. The van der Waals surface area contributed by atoms with Crippen molar-refractivity contribution in [2.75, 3.05) is 0 Å². The maximum atomic E-state index is 11.2. The van der Waals surface area contributed by atoms with E-state index in [0.717, 1.165) is 20.8 Å². The molecule has 0 amide bonds. The number of ether oxygens (including phenoxy) is 3. The van der Waals surface area contributed by atoms with Crippen LogP contribution in [0.2, 0.25) is 0 Å². The predicted molar refractivity (Wildman–Crippen MR) is 67.9 cm³/mol. The summed E-state index contributed by atoms with van der Waals surface area (Å²) in [4.78, 5) is 44.4. The molecule has 0 aromatic carbocycles. The Morgan fingerprint density at radius 3 is 1.57 bits per heavy atom. The fourth-order valence-corrected chi connectivity index (χ4v) is 1.66. The molecule has 0 aromatic rings. The highest BCUT2D eigenvalue weighted by molar-refractivity contribution is 5.74. The van der Waals surface area contributed by atoms with Gasteiger partial charge in [-0.2, -0.15) is 0 Å². The molecule has 0 saturated heterocycles. The van der Waals surface area contributed by atoms with Crippen molar-refractivity contribution in [3.05, 3.63) is 0 Å². The van der Waals surface area contributed by atoms with Gasteiger partial charge in [-0.3, -0.25) is 19.2 Å². The fourth-order valence-electron chi connectivity index (χ4n) is 1.66. The Labute approximate surface area is 130 Å². The van der Waals surface area contributed by atoms with Gasteiger partial charge in [-0.25, -0.2) is 0 Å². The van der Waals surface area contributed by atoms with E-state index in [2.05, 4.69) is 14.2 Å². The number of aliphatic hydroxyl groups excluding tert-OH is 1. The average Bonchev–Trinajstić information content (AvgIpc) is 2.35. The normalized spacial score (nSPS) is 20.0. The summed E-state index contributed by atoms with van der Waals surface area (Å²) in [6, 6.07) is 0. The first-order valence-corrected chi connectivity index (χ1v) is 6.16. The monoisotopic (exact) mass is 338 g/mol. The van der Waals surface area contributed by atoms with Crippen LogP contribution in [0.15, 0.2) is 0 Å². The smallest absolute Gasteiger partial charge is 0.354 e. The summed E-state index contributed by atoms with van der Waals surface area (Å²) >= 11 is 0. The maximum absolute atomic E-state index is 11.2.